The highest BCUT2D eigenvalue weighted by Crippen LogP contribution is 2.44. The van der Waals surface area contributed by atoms with Crippen molar-refractivity contribution in [2.75, 3.05) is 20.2 Å². The van der Waals surface area contributed by atoms with Crippen LogP contribution in [0.4, 0.5) is 4.79 Å². The number of amides is 2. The zero-order valence-electron chi connectivity index (χ0n) is 19.7. The molecule has 1 aliphatic rings. The summed E-state index contributed by atoms with van der Waals surface area (Å²) in [5.74, 6) is -2.25. The molecule has 2 atom stereocenters. The van der Waals surface area contributed by atoms with Crippen molar-refractivity contribution in [3.8, 4) is 11.1 Å². The minimum Gasteiger partial charge on any atom is -0.481 e. The third-order valence-corrected chi connectivity index (χ3v) is 6.33. The molecule has 180 valence electrons. The lowest BCUT2D eigenvalue weighted by atomic mass is 9.98. The first kappa shape index (κ1) is 24.0. The smallest absolute Gasteiger partial charge is 0.408 e. The molecule has 2 unspecified atom stereocenters. The maximum absolute atomic E-state index is 13.2. The number of rotatable bonds is 8. The van der Waals surface area contributed by atoms with Gasteiger partial charge in [0.1, 0.15) is 12.6 Å². The number of likely N-dealkylation sites (N-methyl/N-ethyl adjacent to an activating group) is 1. The van der Waals surface area contributed by atoms with Crippen molar-refractivity contribution in [1.82, 2.24) is 10.2 Å². The molecule has 0 saturated carbocycles. The van der Waals surface area contributed by atoms with E-state index in [-0.39, 0.29) is 19.1 Å². The van der Waals surface area contributed by atoms with Crippen molar-refractivity contribution in [2.24, 2.45) is 5.92 Å². The quantitative estimate of drug-likeness (QED) is 0.505. The lowest BCUT2D eigenvalue weighted by molar-refractivity contribution is -0.143. The number of alkyl carbamates (subject to hydrolysis) is 1. The normalized spacial score (nSPS) is 13.8. The molecule has 7 heteroatoms. The van der Waals surface area contributed by atoms with Crippen molar-refractivity contribution >= 4 is 18.0 Å². The fourth-order valence-electron chi connectivity index (χ4n) is 4.49. The summed E-state index contributed by atoms with van der Waals surface area (Å²) in [6.07, 6.45) is -0.714. The summed E-state index contributed by atoms with van der Waals surface area (Å²) >= 11 is 0. The van der Waals surface area contributed by atoms with Gasteiger partial charge in [0.2, 0.25) is 5.91 Å². The number of nitrogens with one attached hydrogen (secondary N) is 1. The fraction of sp³-hybridized carbons (Fsp3) is 0.250. The second-order valence-electron chi connectivity index (χ2n) is 8.77. The van der Waals surface area contributed by atoms with Crippen molar-refractivity contribution in [2.45, 2.75) is 18.9 Å². The number of carbonyl (C=O) groups is 3. The summed E-state index contributed by atoms with van der Waals surface area (Å²) in [6, 6.07) is 23.9. The number of hydrogen-bond acceptors (Lipinski definition) is 4. The van der Waals surface area contributed by atoms with E-state index in [1.54, 1.807) is 24.3 Å². The van der Waals surface area contributed by atoms with Gasteiger partial charge in [0.15, 0.2) is 0 Å². The lowest BCUT2D eigenvalue weighted by Gasteiger charge is -2.26. The minimum absolute atomic E-state index is 0.0177. The number of carboxylic acids is 1. The number of nitrogens with zero attached hydrogens (tertiary/aromatic N) is 1. The molecule has 0 aromatic heterocycles. The Labute approximate surface area is 204 Å². The Morgan fingerprint density at radius 1 is 0.914 bits per heavy atom. The van der Waals surface area contributed by atoms with E-state index < -0.39 is 29.9 Å². The Morgan fingerprint density at radius 3 is 2.03 bits per heavy atom. The number of benzene rings is 3. The van der Waals surface area contributed by atoms with Crippen LogP contribution in [0.5, 0.6) is 0 Å². The van der Waals surface area contributed by atoms with Crippen molar-refractivity contribution in [3.63, 3.8) is 0 Å². The monoisotopic (exact) mass is 472 g/mol. The van der Waals surface area contributed by atoms with Crippen LogP contribution in [0.15, 0.2) is 78.9 Å². The van der Waals surface area contributed by atoms with Gasteiger partial charge in [-0.2, -0.15) is 0 Å². The molecule has 35 heavy (non-hydrogen) atoms. The Balaban J connectivity index is 1.48. The maximum atomic E-state index is 13.2. The fourth-order valence-corrected chi connectivity index (χ4v) is 4.49. The molecule has 0 saturated heterocycles. The Morgan fingerprint density at radius 2 is 1.46 bits per heavy atom. The van der Waals surface area contributed by atoms with E-state index >= 15 is 0 Å². The average molecular weight is 473 g/mol. The predicted octanol–water partition coefficient (Wildman–Crippen LogP) is 4.45. The zero-order chi connectivity index (χ0) is 24.9. The van der Waals surface area contributed by atoms with Crippen LogP contribution in [0.25, 0.3) is 11.1 Å². The topological polar surface area (TPSA) is 95.9 Å². The van der Waals surface area contributed by atoms with E-state index in [2.05, 4.69) is 17.4 Å². The minimum atomic E-state index is -1.00. The van der Waals surface area contributed by atoms with E-state index in [1.807, 2.05) is 42.5 Å². The van der Waals surface area contributed by atoms with Gasteiger partial charge in [0.25, 0.3) is 0 Å². The number of carbonyl (C=O) groups excluding carboxylic acids is 2. The van der Waals surface area contributed by atoms with Crippen molar-refractivity contribution < 1.29 is 24.2 Å². The van der Waals surface area contributed by atoms with E-state index in [1.165, 1.54) is 18.9 Å². The molecule has 2 amide bonds. The van der Waals surface area contributed by atoms with Crippen LogP contribution in [0.3, 0.4) is 0 Å². The molecule has 0 radical (unpaired) electrons. The summed E-state index contributed by atoms with van der Waals surface area (Å²) in [5, 5.41) is 11.9. The SMILES string of the molecule is CC(CN(C)C(=O)C(NC(=O)OCC1c2ccccc2-c2ccccc21)c1ccccc1)C(=O)O. The molecule has 1 aliphatic carbocycles. The average Bonchev–Trinajstić information content (AvgIpc) is 3.19. The van der Waals surface area contributed by atoms with Gasteiger partial charge in [-0.05, 0) is 27.8 Å². The van der Waals surface area contributed by atoms with Crippen LogP contribution in [0, 0.1) is 5.92 Å². The van der Waals surface area contributed by atoms with Gasteiger partial charge in [0, 0.05) is 19.5 Å². The highest BCUT2D eigenvalue weighted by molar-refractivity contribution is 5.87. The molecule has 0 fully saturated rings. The summed E-state index contributed by atoms with van der Waals surface area (Å²) in [6.45, 7) is 1.67. The van der Waals surface area contributed by atoms with E-state index in [0.29, 0.717) is 5.56 Å². The zero-order valence-corrected chi connectivity index (χ0v) is 19.7. The summed E-state index contributed by atoms with van der Waals surface area (Å²) in [5.41, 5.74) is 5.03. The number of carboxylic acid groups (broad SMARTS) is 1. The van der Waals surface area contributed by atoms with E-state index in [9.17, 15) is 19.5 Å². The van der Waals surface area contributed by atoms with Gasteiger partial charge in [-0.15, -0.1) is 0 Å². The van der Waals surface area contributed by atoms with Gasteiger partial charge in [-0.25, -0.2) is 4.79 Å². The van der Waals surface area contributed by atoms with Crippen LogP contribution in [0.2, 0.25) is 0 Å². The van der Waals surface area contributed by atoms with Crippen LogP contribution in [0.1, 0.15) is 35.6 Å². The molecule has 7 nitrogen and oxygen atoms in total. The Bertz CT molecular complexity index is 1180. The first-order valence-corrected chi connectivity index (χ1v) is 11.5. The van der Waals surface area contributed by atoms with Crippen LogP contribution < -0.4 is 5.32 Å². The van der Waals surface area contributed by atoms with Crippen LogP contribution in [-0.2, 0) is 14.3 Å². The molecule has 4 rings (SSSR count). The molecule has 2 N–H and O–H groups in total. The molecule has 3 aromatic carbocycles. The first-order chi connectivity index (χ1) is 16.9. The second kappa shape index (κ2) is 10.4. The molecule has 0 spiro atoms. The first-order valence-electron chi connectivity index (χ1n) is 11.5. The summed E-state index contributed by atoms with van der Waals surface area (Å²) in [4.78, 5) is 38.6. The van der Waals surface area contributed by atoms with Gasteiger partial charge >= 0.3 is 12.1 Å². The highest BCUT2D eigenvalue weighted by Gasteiger charge is 2.31. The lowest BCUT2D eigenvalue weighted by Crippen LogP contribution is -2.43. The third kappa shape index (κ3) is 5.19. The Hall–Kier alpha value is -4.13. The number of aliphatic carboxylic acids is 1. The molecule has 3 aromatic rings. The Kier molecular flexibility index (Phi) is 7.15. The number of hydrogen-bond donors (Lipinski definition) is 2. The van der Waals surface area contributed by atoms with Crippen molar-refractivity contribution in [1.29, 1.82) is 0 Å². The number of ether oxygens (including phenoxy) is 1. The van der Waals surface area contributed by atoms with Gasteiger partial charge < -0.3 is 20.1 Å². The highest BCUT2D eigenvalue weighted by atomic mass is 16.5. The summed E-state index contributed by atoms with van der Waals surface area (Å²) < 4.78 is 5.63. The molecule has 0 bridgehead atoms. The van der Waals surface area contributed by atoms with Crippen molar-refractivity contribution in [3.05, 3.63) is 95.6 Å². The number of fused-ring (bicyclic) bond motifs is 3. The van der Waals surface area contributed by atoms with Gasteiger partial charge in [-0.3, -0.25) is 9.59 Å². The van der Waals surface area contributed by atoms with E-state index in [4.69, 9.17) is 4.74 Å². The third-order valence-electron chi connectivity index (χ3n) is 6.33. The van der Waals surface area contributed by atoms with Gasteiger partial charge in [0.05, 0.1) is 5.92 Å². The summed E-state index contributed by atoms with van der Waals surface area (Å²) in [7, 11) is 1.52. The molecule has 0 aliphatic heterocycles. The van der Waals surface area contributed by atoms with Gasteiger partial charge in [-0.1, -0.05) is 85.8 Å². The standard InChI is InChI=1S/C28H28N2O5/c1-18(27(32)33)16-30(2)26(31)25(19-10-4-3-5-11-19)29-28(34)35-17-24-22-14-8-6-12-20(22)21-13-7-9-15-23(21)24/h3-15,18,24-25H,16-17H2,1-2H3,(H,29,34)(H,32,33). The molecular weight excluding hydrogens is 444 g/mol. The largest absolute Gasteiger partial charge is 0.481 e. The molecular formula is C28H28N2O5. The van der Waals surface area contributed by atoms with E-state index in [0.717, 1.165) is 22.3 Å². The van der Waals surface area contributed by atoms with Crippen LogP contribution >= 0.6 is 0 Å². The maximum Gasteiger partial charge on any atom is 0.408 e. The predicted molar refractivity (Wildman–Crippen MR) is 132 cm³/mol. The molecule has 0 heterocycles. The second-order valence-corrected chi connectivity index (χ2v) is 8.77. The van der Waals surface area contributed by atoms with Crippen LogP contribution in [-0.4, -0.2) is 48.2 Å².